The van der Waals surface area contributed by atoms with Crippen LogP contribution in [-0.4, -0.2) is 46.5 Å². The molecular weight excluding hydrogens is 490 g/mol. The van der Waals surface area contributed by atoms with Crippen molar-refractivity contribution in [2.45, 2.75) is 52.7 Å². The number of thiazole rings is 1. The van der Waals surface area contributed by atoms with E-state index in [-0.39, 0.29) is 18.4 Å². The zero-order chi connectivity index (χ0) is 26.6. The van der Waals surface area contributed by atoms with Crippen LogP contribution in [0.1, 0.15) is 65.6 Å². The van der Waals surface area contributed by atoms with Crippen LogP contribution in [0.25, 0.3) is 10.4 Å². The summed E-state index contributed by atoms with van der Waals surface area (Å²) in [5, 5.41) is 2.79. The number of imide groups is 1. The number of aryl methyl sites for hydroxylation is 1. The minimum atomic E-state index is -0.587. The number of amides is 3. The number of fused-ring (bicyclic) bond motifs is 1. The molecule has 0 fully saturated rings. The van der Waals surface area contributed by atoms with Gasteiger partial charge in [0, 0.05) is 18.7 Å². The summed E-state index contributed by atoms with van der Waals surface area (Å²) in [5.41, 5.74) is 4.89. The molecule has 3 aromatic rings. The van der Waals surface area contributed by atoms with Crippen molar-refractivity contribution in [1.82, 2.24) is 15.2 Å². The summed E-state index contributed by atoms with van der Waals surface area (Å²) in [6.07, 6.45) is 0.766. The van der Waals surface area contributed by atoms with Crippen LogP contribution in [0, 0.1) is 6.92 Å². The Morgan fingerprint density at radius 2 is 1.76 bits per heavy atom. The molecule has 0 unspecified atom stereocenters. The van der Waals surface area contributed by atoms with Gasteiger partial charge in [-0.1, -0.05) is 24.3 Å². The standard InChI is InChI=1S/C28H31N3O5S/c1-18-24(37-17-30-18)19-11-12-20(16-29-27(34)36-28(2,3)4)23(15-19)35-14-8-7-13-31-25(32)21-9-5-6-10-22(21)26(31)33/h5-6,9-12,15,17H,7-8,13-14,16H2,1-4H3,(H,29,34). The fraction of sp³-hybridized carbons (Fsp3) is 0.357. The van der Waals surface area contributed by atoms with Crippen molar-refractivity contribution in [1.29, 1.82) is 0 Å². The van der Waals surface area contributed by atoms with E-state index in [1.54, 1.807) is 35.6 Å². The molecule has 2 aromatic carbocycles. The number of carbonyl (C=O) groups excluding carboxylic acids is 3. The van der Waals surface area contributed by atoms with Crippen molar-refractivity contribution in [3.63, 3.8) is 0 Å². The van der Waals surface area contributed by atoms with Crippen molar-refractivity contribution < 1.29 is 23.9 Å². The molecule has 0 saturated heterocycles. The van der Waals surface area contributed by atoms with Gasteiger partial charge in [0.1, 0.15) is 11.4 Å². The molecule has 0 aliphatic carbocycles. The molecule has 4 rings (SSSR count). The number of ether oxygens (including phenoxy) is 2. The third-order valence-electron chi connectivity index (χ3n) is 5.81. The van der Waals surface area contributed by atoms with E-state index in [1.807, 2.05) is 51.4 Å². The lowest BCUT2D eigenvalue weighted by Crippen LogP contribution is -2.32. The first-order valence-corrected chi connectivity index (χ1v) is 13.1. The second kappa shape index (κ2) is 11.1. The first kappa shape index (κ1) is 26.3. The van der Waals surface area contributed by atoms with Crippen LogP contribution in [-0.2, 0) is 11.3 Å². The lowest BCUT2D eigenvalue weighted by atomic mass is 10.1. The zero-order valence-electron chi connectivity index (χ0n) is 21.5. The maximum atomic E-state index is 12.6. The number of carbonyl (C=O) groups is 3. The predicted molar refractivity (Wildman–Crippen MR) is 142 cm³/mol. The first-order valence-electron chi connectivity index (χ1n) is 12.2. The number of unbranched alkanes of at least 4 members (excludes halogenated alkanes) is 1. The van der Waals surface area contributed by atoms with Gasteiger partial charge in [0.05, 0.1) is 33.8 Å². The molecule has 194 valence electrons. The van der Waals surface area contributed by atoms with Crippen molar-refractivity contribution in [3.8, 4) is 16.2 Å². The Hall–Kier alpha value is -3.72. The van der Waals surface area contributed by atoms with E-state index >= 15 is 0 Å². The molecule has 1 aliphatic heterocycles. The van der Waals surface area contributed by atoms with E-state index in [9.17, 15) is 14.4 Å². The van der Waals surface area contributed by atoms with Crippen LogP contribution in [0.15, 0.2) is 48.0 Å². The first-order chi connectivity index (χ1) is 17.6. The van der Waals surface area contributed by atoms with Gasteiger partial charge in [-0.25, -0.2) is 9.78 Å². The monoisotopic (exact) mass is 521 g/mol. The molecule has 0 radical (unpaired) electrons. The van der Waals surface area contributed by atoms with Gasteiger partial charge >= 0.3 is 6.09 Å². The number of hydrogen-bond acceptors (Lipinski definition) is 7. The number of benzene rings is 2. The van der Waals surface area contributed by atoms with Crippen LogP contribution in [0.2, 0.25) is 0 Å². The van der Waals surface area contributed by atoms with Crippen LogP contribution >= 0.6 is 11.3 Å². The minimum Gasteiger partial charge on any atom is -0.493 e. The maximum Gasteiger partial charge on any atom is 0.407 e. The van der Waals surface area contributed by atoms with E-state index in [1.165, 1.54) is 4.90 Å². The van der Waals surface area contributed by atoms with E-state index < -0.39 is 11.7 Å². The quantitative estimate of drug-likeness (QED) is 0.291. The highest BCUT2D eigenvalue weighted by Crippen LogP contribution is 2.32. The van der Waals surface area contributed by atoms with Crippen molar-refractivity contribution in [3.05, 3.63) is 70.4 Å². The van der Waals surface area contributed by atoms with Crippen molar-refractivity contribution >= 4 is 29.2 Å². The second-order valence-corrected chi connectivity index (χ2v) is 10.7. The van der Waals surface area contributed by atoms with Gasteiger partial charge in [-0.3, -0.25) is 14.5 Å². The van der Waals surface area contributed by atoms with Gasteiger partial charge in [-0.15, -0.1) is 11.3 Å². The van der Waals surface area contributed by atoms with Crippen LogP contribution in [0.4, 0.5) is 4.79 Å². The predicted octanol–water partition coefficient (Wildman–Crippen LogP) is 5.60. The van der Waals surface area contributed by atoms with Gasteiger partial charge in [0.2, 0.25) is 0 Å². The Morgan fingerprint density at radius 3 is 2.38 bits per heavy atom. The average Bonchev–Trinajstić information content (AvgIpc) is 3.38. The summed E-state index contributed by atoms with van der Waals surface area (Å²) in [6, 6.07) is 12.8. The number of hydrogen-bond donors (Lipinski definition) is 1. The van der Waals surface area contributed by atoms with E-state index in [2.05, 4.69) is 10.3 Å². The maximum absolute atomic E-state index is 12.6. The summed E-state index contributed by atoms with van der Waals surface area (Å²) >= 11 is 1.56. The smallest absolute Gasteiger partial charge is 0.407 e. The summed E-state index contributed by atoms with van der Waals surface area (Å²) < 4.78 is 11.5. The molecule has 0 saturated carbocycles. The van der Waals surface area contributed by atoms with E-state index in [0.717, 1.165) is 21.7 Å². The summed E-state index contributed by atoms with van der Waals surface area (Å²) in [5.74, 6) is 0.163. The summed E-state index contributed by atoms with van der Waals surface area (Å²) in [4.78, 5) is 44.0. The molecular formula is C28H31N3O5S. The largest absolute Gasteiger partial charge is 0.493 e. The minimum absolute atomic E-state index is 0.246. The highest BCUT2D eigenvalue weighted by molar-refractivity contribution is 7.13. The molecule has 1 aliphatic rings. The third kappa shape index (κ3) is 6.35. The van der Waals surface area contributed by atoms with E-state index in [0.29, 0.717) is 42.9 Å². The fourth-order valence-electron chi connectivity index (χ4n) is 4.03. The molecule has 1 aromatic heterocycles. The number of nitrogens with one attached hydrogen (secondary N) is 1. The summed E-state index contributed by atoms with van der Waals surface area (Å²) in [7, 11) is 0. The molecule has 8 nitrogen and oxygen atoms in total. The van der Waals surface area contributed by atoms with Gasteiger partial charge in [-0.2, -0.15) is 0 Å². The molecule has 3 amide bonds. The average molecular weight is 522 g/mol. The number of alkyl carbamates (subject to hydrolysis) is 1. The molecule has 0 spiro atoms. The Kier molecular flexibility index (Phi) is 7.92. The molecule has 1 N–H and O–H groups in total. The number of rotatable bonds is 9. The molecule has 0 atom stereocenters. The number of aromatic nitrogens is 1. The number of nitrogens with zero attached hydrogens (tertiary/aromatic N) is 2. The highest BCUT2D eigenvalue weighted by Gasteiger charge is 2.34. The van der Waals surface area contributed by atoms with Gasteiger partial charge in [-0.05, 0) is 64.3 Å². The van der Waals surface area contributed by atoms with E-state index in [4.69, 9.17) is 9.47 Å². The second-order valence-electron chi connectivity index (χ2n) is 9.81. The van der Waals surface area contributed by atoms with Crippen LogP contribution < -0.4 is 10.1 Å². The normalized spacial score (nSPS) is 13.0. The molecule has 2 heterocycles. The van der Waals surface area contributed by atoms with Crippen LogP contribution in [0.3, 0.4) is 0 Å². The molecule has 37 heavy (non-hydrogen) atoms. The Balaban J connectivity index is 1.37. The SMILES string of the molecule is Cc1ncsc1-c1ccc(CNC(=O)OC(C)(C)C)c(OCCCCN2C(=O)c3ccccc3C2=O)c1. The lowest BCUT2D eigenvalue weighted by molar-refractivity contribution is 0.0521. The Morgan fingerprint density at radius 1 is 1.05 bits per heavy atom. The lowest BCUT2D eigenvalue weighted by Gasteiger charge is -2.20. The Bertz CT molecular complexity index is 1280. The zero-order valence-corrected chi connectivity index (χ0v) is 22.3. The summed E-state index contributed by atoms with van der Waals surface area (Å²) in [6.45, 7) is 8.39. The van der Waals surface area contributed by atoms with Crippen LogP contribution in [0.5, 0.6) is 5.75 Å². The highest BCUT2D eigenvalue weighted by atomic mass is 32.1. The van der Waals surface area contributed by atoms with Gasteiger partial charge < -0.3 is 14.8 Å². The topological polar surface area (TPSA) is 97.8 Å². The Labute approximate surface area is 220 Å². The van der Waals surface area contributed by atoms with Crippen molar-refractivity contribution in [2.24, 2.45) is 0 Å². The van der Waals surface area contributed by atoms with Crippen molar-refractivity contribution in [2.75, 3.05) is 13.2 Å². The fourth-order valence-corrected chi connectivity index (χ4v) is 4.84. The molecule has 9 heteroatoms. The third-order valence-corrected chi connectivity index (χ3v) is 6.79. The van der Waals surface area contributed by atoms with Gasteiger partial charge in [0.25, 0.3) is 11.8 Å². The molecule has 0 bridgehead atoms. The van der Waals surface area contributed by atoms with Gasteiger partial charge in [0.15, 0.2) is 0 Å².